The maximum atomic E-state index is 13.0. The third-order valence-electron chi connectivity index (χ3n) is 4.31. The van der Waals surface area contributed by atoms with Gasteiger partial charge in [-0.3, -0.25) is 4.79 Å². The number of nitrogens with zero attached hydrogens (tertiary/aromatic N) is 1. The first kappa shape index (κ1) is 20.9. The number of rotatable bonds is 9. The van der Waals surface area contributed by atoms with Crippen molar-refractivity contribution in [3.63, 3.8) is 0 Å². The smallest absolute Gasteiger partial charge is 0.321 e. The third kappa shape index (κ3) is 4.68. The van der Waals surface area contributed by atoms with Crippen molar-refractivity contribution in [3.05, 3.63) is 30.3 Å². The fourth-order valence-electron chi connectivity index (χ4n) is 2.99. The maximum Gasteiger partial charge on any atom is 0.321 e. The average molecular weight is 394 g/mol. The van der Waals surface area contributed by atoms with Crippen LogP contribution in [-0.4, -0.2) is 46.2 Å². The third-order valence-corrected chi connectivity index (χ3v) is 5.90. The minimum Gasteiger partial charge on any atom is -0.480 e. The van der Waals surface area contributed by atoms with Crippen LogP contribution in [0.25, 0.3) is 10.8 Å². The molecule has 0 radical (unpaired) electrons. The molecular formula is C18H26N4O4S. The van der Waals surface area contributed by atoms with E-state index >= 15 is 0 Å². The van der Waals surface area contributed by atoms with Crippen LogP contribution in [0.15, 0.2) is 35.2 Å². The molecule has 0 saturated carbocycles. The molecule has 2 aromatic carbocycles. The summed E-state index contributed by atoms with van der Waals surface area (Å²) >= 11 is 0. The van der Waals surface area contributed by atoms with Crippen molar-refractivity contribution in [2.24, 2.45) is 5.73 Å². The summed E-state index contributed by atoms with van der Waals surface area (Å²) in [6.07, 6.45) is 1.28. The van der Waals surface area contributed by atoms with Gasteiger partial charge in [-0.05, 0) is 31.5 Å². The molecule has 0 unspecified atom stereocenters. The predicted octanol–water partition coefficient (Wildman–Crippen LogP) is 1.35. The van der Waals surface area contributed by atoms with Crippen LogP contribution in [0.2, 0.25) is 0 Å². The number of hydrogen-bond donors (Lipinski definition) is 4. The first-order valence-electron chi connectivity index (χ1n) is 8.62. The van der Waals surface area contributed by atoms with Crippen molar-refractivity contribution in [3.8, 4) is 0 Å². The highest BCUT2D eigenvalue weighted by Crippen LogP contribution is 2.34. The number of unbranched alkanes of at least 4 members (excludes halogenated alkanes) is 1. The Labute approximate surface area is 159 Å². The maximum absolute atomic E-state index is 13.0. The lowest BCUT2D eigenvalue weighted by molar-refractivity contribution is -0.139. The van der Waals surface area contributed by atoms with Gasteiger partial charge in [0.1, 0.15) is 10.9 Å². The number of carboxylic acid groups (broad SMARTS) is 1. The standard InChI is InChI=1S/C18H26N4O4S/c1-22(2)16-8-5-6-13-12(16)9-10-14(20)17(13)27(25,26)21-15(18(23)24)7-3-4-11-19/h5-6,8-10,15,21H,3-4,7,11,19-20H2,1-2H3,(H,23,24)/t15-/m0/s1. The summed E-state index contributed by atoms with van der Waals surface area (Å²) in [7, 11) is -0.434. The van der Waals surface area contributed by atoms with Crippen molar-refractivity contribution in [2.75, 3.05) is 31.3 Å². The van der Waals surface area contributed by atoms with Gasteiger partial charge in [-0.1, -0.05) is 24.6 Å². The van der Waals surface area contributed by atoms with Gasteiger partial charge >= 0.3 is 5.97 Å². The molecule has 0 aliphatic rings. The van der Waals surface area contributed by atoms with Gasteiger partial charge in [-0.15, -0.1) is 0 Å². The van der Waals surface area contributed by atoms with Crippen LogP contribution < -0.4 is 21.1 Å². The Morgan fingerprint density at radius 3 is 2.48 bits per heavy atom. The Morgan fingerprint density at radius 1 is 1.19 bits per heavy atom. The van der Waals surface area contributed by atoms with Crippen LogP contribution in [-0.2, 0) is 14.8 Å². The molecule has 0 aliphatic heterocycles. The number of benzene rings is 2. The Hall–Kier alpha value is -2.36. The molecule has 1 atom stereocenters. The molecule has 0 amide bonds. The number of aliphatic carboxylic acids is 1. The number of sulfonamides is 1. The summed E-state index contributed by atoms with van der Waals surface area (Å²) in [6, 6.07) is 7.31. The second kappa shape index (κ2) is 8.55. The SMILES string of the molecule is CN(C)c1cccc2c(S(=O)(=O)N[C@@H](CCCCN)C(=O)O)c(N)ccc12. The lowest BCUT2D eigenvalue weighted by Crippen LogP contribution is -2.41. The Balaban J connectivity index is 2.51. The Morgan fingerprint density at radius 2 is 1.89 bits per heavy atom. The highest BCUT2D eigenvalue weighted by molar-refractivity contribution is 7.90. The van der Waals surface area contributed by atoms with Gasteiger partial charge in [0.15, 0.2) is 0 Å². The molecule has 0 spiro atoms. The highest BCUT2D eigenvalue weighted by atomic mass is 32.2. The fraction of sp³-hybridized carbons (Fsp3) is 0.389. The number of nitrogen functional groups attached to an aromatic ring is 1. The Kier molecular flexibility index (Phi) is 6.63. The van der Waals surface area contributed by atoms with Crippen LogP contribution in [0, 0.1) is 0 Å². The minimum atomic E-state index is -4.15. The van der Waals surface area contributed by atoms with Crippen molar-refractivity contribution in [2.45, 2.75) is 30.2 Å². The van der Waals surface area contributed by atoms with Crippen LogP contribution >= 0.6 is 0 Å². The van der Waals surface area contributed by atoms with Gasteiger partial charge in [-0.25, -0.2) is 8.42 Å². The minimum absolute atomic E-state index is 0.0667. The van der Waals surface area contributed by atoms with Gasteiger partial charge in [0.25, 0.3) is 0 Å². The molecule has 0 bridgehead atoms. The lowest BCUT2D eigenvalue weighted by Gasteiger charge is -2.20. The van der Waals surface area contributed by atoms with E-state index in [1.165, 1.54) is 6.07 Å². The van der Waals surface area contributed by atoms with Crippen molar-refractivity contribution >= 4 is 38.1 Å². The molecule has 148 valence electrons. The molecule has 27 heavy (non-hydrogen) atoms. The first-order chi connectivity index (χ1) is 12.7. The van der Waals surface area contributed by atoms with Crippen LogP contribution in [0.4, 0.5) is 11.4 Å². The first-order valence-corrected chi connectivity index (χ1v) is 10.1. The molecule has 0 saturated heterocycles. The number of carboxylic acids is 1. The van der Waals surface area contributed by atoms with Gasteiger partial charge < -0.3 is 21.5 Å². The summed E-state index contributed by atoms with van der Waals surface area (Å²) < 4.78 is 28.3. The van der Waals surface area contributed by atoms with Gasteiger partial charge in [0.2, 0.25) is 10.0 Å². The molecule has 0 aromatic heterocycles. The fourth-order valence-corrected chi connectivity index (χ4v) is 4.55. The topological polar surface area (TPSA) is 139 Å². The summed E-state index contributed by atoms with van der Waals surface area (Å²) in [6.45, 7) is 0.419. The van der Waals surface area contributed by atoms with E-state index in [2.05, 4.69) is 4.72 Å². The molecule has 0 fully saturated rings. The van der Waals surface area contributed by atoms with Gasteiger partial charge in [0.05, 0.1) is 5.69 Å². The van der Waals surface area contributed by atoms with E-state index in [0.717, 1.165) is 5.69 Å². The van der Waals surface area contributed by atoms with Crippen LogP contribution in [0.1, 0.15) is 19.3 Å². The zero-order chi connectivity index (χ0) is 20.2. The quantitative estimate of drug-likeness (QED) is 0.372. The molecular weight excluding hydrogens is 368 g/mol. The van der Waals surface area contributed by atoms with Crippen LogP contribution in [0.3, 0.4) is 0 Å². The van der Waals surface area contributed by atoms with E-state index in [9.17, 15) is 18.3 Å². The number of fused-ring (bicyclic) bond motifs is 1. The molecule has 8 nitrogen and oxygen atoms in total. The summed E-state index contributed by atoms with van der Waals surface area (Å²) in [5.41, 5.74) is 12.3. The lowest BCUT2D eigenvalue weighted by atomic mass is 10.1. The van der Waals surface area contributed by atoms with Gasteiger partial charge in [0, 0.05) is 30.6 Å². The second-order valence-electron chi connectivity index (χ2n) is 6.55. The molecule has 2 aromatic rings. The summed E-state index contributed by atoms with van der Waals surface area (Å²) in [5.74, 6) is -1.23. The van der Waals surface area contributed by atoms with E-state index in [0.29, 0.717) is 30.2 Å². The molecule has 2 rings (SSSR count). The Bertz CT molecular complexity index is 928. The average Bonchev–Trinajstić information content (AvgIpc) is 2.59. The second-order valence-corrected chi connectivity index (χ2v) is 8.20. The van der Waals surface area contributed by atoms with E-state index in [1.807, 2.05) is 25.1 Å². The monoisotopic (exact) mass is 394 g/mol. The van der Waals surface area contributed by atoms with E-state index in [1.54, 1.807) is 18.2 Å². The van der Waals surface area contributed by atoms with Gasteiger partial charge in [-0.2, -0.15) is 4.72 Å². The predicted molar refractivity (Wildman–Crippen MR) is 107 cm³/mol. The number of anilines is 2. The summed E-state index contributed by atoms with van der Waals surface area (Å²) in [4.78, 5) is 13.3. The molecule has 0 aliphatic carbocycles. The molecule has 9 heteroatoms. The molecule has 0 heterocycles. The largest absolute Gasteiger partial charge is 0.480 e. The van der Waals surface area contributed by atoms with E-state index < -0.39 is 22.0 Å². The number of hydrogen-bond acceptors (Lipinski definition) is 6. The van der Waals surface area contributed by atoms with E-state index in [4.69, 9.17) is 11.5 Å². The number of nitrogens with one attached hydrogen (secondary N) is 1. The van der Waals surface area contributed by atoms with Crippen molar-refractivity contribution < 1.29 is 18.3 Å². The normalized spacial score (nSPS) is 12.9. The van der Waals surface area contributed by atoms with Crippen molar-refractivity contribution in [1.29, 1.82) is 0 Å². The zero-order valence-corrected chi connectivity index (χ0v) is 16.3. The molecule has 6 N–H and O–H groups in total. The highest BCUT2D eigenvalue weighted by Gasteiger charge is 2.28. The zero-order valence-electron chi connectivity index (χ0n) is 15.5. The number of nitrogens with two attached hydrogens (primary N) is 2. The van der Waals surface area contributed by atoms with Crippen LogP contribution in [0.5, 0.6) is 0 Å². The van der Waals surface area contributed by atoms with Crippen molar-refractivity contribution in [1.82, 2.24) is 4.72 Å². The van der Waals surface area contributed by atoms with E-state index in [-0.39, 0.29) is 17.0 Å². The number of carbonyl (C=O) groups is 1. The summed E-state index contributed by atoms with van der Waals surface area (Å²) in [5, 5.41) is 10.5.